The maximum atomic E-state index is 12.4. The van der Waals surface area contributed by atoms with Crippen molar-refractivity contribution in [3.63, 3.8) is 0 Å². The Kier molecular flexibility index (Phi) is 4.67. The van der Waals surface area contributed by atoms with E-state index < -0.39 is 10.0 Å². The molecule has 1 aromatic carbocycles. The van der Waals surface area contributed by atoms with Crippen molar-refractivity contribution in [1.82, 2.24) is 9.21 Å². The van der Waals surface area contributed by atoms with E-state index in [1.54, 1.807) is 35.6 Å². The van der Waals surface area contributed by atoms with Crippen LogP contribution in [0.4, 0.5) is 5.69 Å². The van der Waals surface area contributed by atoms with Crippen LogP contribution in [-0.2, 0) is 15.8 Å². The number of rotatable bonds is 4. The highest BCUT2D eigenvalue weighted by Crippen LogP contribution is 2.20. The van der Waals surface area contributed by atoms with Crippen LogP contribution in [0, 0.1) is 0 Å². The molecule has 0 unspecified atom stereocenters. The van der Waals surface area contributed by atoms with E-state index in [0.717, 1.165) is 31.5 Å². The highest BCUT2D eigenvalue weighted by Gasteiger charge is 2.28. The van der Waals surface area contributed by atoms with E-state index in [1.165, 1.54) is 0 Å². The fourth-order valence-electron chi connectivity index (χ4n) is 2.51. The van der Waals surface area contributed by atoms with Gasteiger partial charge in [-0.15, -0.1) is 0 Å². The quantitative estimate of drug-likeness (QED) is 0.846. The van der Waals surface area contributed by atoms with Crippen molar-refractivity contribution < 1.29 is 8.42 Å². The van der Waals surface area contributed by atoms with Gasteiger partial charge >= 0.3 is 0 Å². The van der Waals surface area contributed by atoms with E-state index >= 15 is 0 Å². The Hall–Kier alpha value is -1.11. The molecule has 1 fully saturated rings. The Morgan fingerprint density at radius 1 is 1.25 bits per heavy atom. The molecule has 1 aromatic rings. The van der Waals surface area contributed by atoms with Crippen LogP contribution < -0.4 is 5.73 Å². The van der Waals surface area contributed by atoms with Crippen LogP contribution in [-0.4, -0.2) is 50.8 Å². The standard InChI is InChI=1S/C14H23N3O2S/c1-16-9-7-14(8-10-16)17(2)20(18,19)11-12-3-5-13(15)6-4-12/h3-6,14H,7-11,15H2,1-2H3. The lowest BCUT2D eigenvalue weighted by atomic mass is 10.1. The number of likely N-dealkylation sites (tertiary alicyclic amines) is 1. The molecule has 1 aliphatic heterocycles. The van der Waals surface area contributed by atoms with E-state index in [2.05, 4.69) is 11.9 Å². The van der Waals surface area contributed by atoms with Crippen molar-refractivity contribution in [1.29, 1.82) is 0 Å². The van der Waals surface area contributed by atoms with Crippen molar-refractivity contribution in [2.24, 2.45) is 0 Å². The summed E-state index contributed by atoms with van der Waals surface area (Å²) in [6, 6.07) is 7.14. The first-order valence-electron chi connectivity index (χ1n) is 6.87. The van der Waals surface area contributed by atoms with Crippen LogP contribution in [0.2, 0.25) is 0 Å². The van der Waals surface area contributed by atoms with Gasteiger partial charge in [0.1, 0.15) is 0 Å². The minimum Gasteiger partial charge on any atom is -0.399 e. The molecule has 0 aliphatic carbocycles. The number of hydrogen-bond acceptors (Lipinski definition) is 4. The molecule has 1 aliphatic rings. The zero-order valence-electron chi connectivity index (χ0n) is 12.1. The zero-order valence-corrected chi connectivity index (χ0v) is 12.9. The first-order valence-corrected chi connectivity index (χ1v) is 8.48. The van der Waals surface area contributed by atoms with Gasteiger partial charge in [-0.3, -0.25) is 0 Å². The Labute approximate surface area is 121 Å². The summed E-state index contributed by atoms with van der Waals surface area (Å²) in [5, 5.41) is 0. The SMILES string of the molecule is CN1CCC(N(C)S(=O)(=O)Cc2ccc(N)cc2)CC1. The fourth-order valence-corrected chi connectivity index (χ4v) is 3.99. The van der Waals surface area contributed by atoms with Crippen LogP contribution in [0.15, 0.2) is 24.3 Å². The van der Waals surface area contributed by atoms with Gasteiger partial charge in [-0.25, -0.2) is 12.7 Å². The largest absolute Gasteiger partial charge is 0.399 e. The van der Waals surface area contributed by atoms with E-state index in [9.17, 15) is 8.42 Å². The third-order valence-electron chi connectivity index (χ3n) is 3.97. The second-order valence-corrected chi connectivity index (χ2v) is 7.58. The minimum atomic E-state index is -3.27. The Balaban J connectivity index is 2.04. The second-order valence-electron chi connectivity index (χ2n) is 5.55. The van der Waals surface area contributed by atoms with Crippen LogP contribution in [0.5, 0.6) is 0 Å². The van der Waals surface area contributed by atoms with Gasteiger partial charge in [0, 0.05) is 18.8 Å². The average molecular weight is 297 g/mol. The molecule has 0 aromatic heterocycles. The third-order valence-corrected chi connectivity index (χ3v) is 5.84. The smallest absolute Gasteiger partial charge is 0.218 e. The van der Waals surface area contributed by atoms with E-state index in [-0.39, 0.29) is 11.8 Å². The molecule has 2 rings (SSSR count). The minimum absolute atomic E-state index is 0.0378. The number of piperidine rings is 1. The maximum absolute atomic E-state index is 12.4. The maximum Gasteiger partial charge on any atom is 0.218 e. The number of nitrogens with zero attached hydrogens (tertiary/aromatic N) is 2. The molecule has 0 atom stereocenters. The molecule has 0 spiro atoms. The fraction of sp³-hybridized carbons (Fsp3) is 0.571. The number of nitrogens with two attached hydrogens (primary N) is 1. The average Bonchev–Trinajstić information content (AvgIpc) is 2.41. The molecule has 0 radical (unpaired) electrons. The highest BCUT2D eigenvalue weighted by atomic mass is 32.2. The molecule has 6 heteroatoms. The van der Waals surface area contributed by atoms with Gasteiger partial charge < -0.3 is 10.6 Å². The van der Waals surface area contributed by atoms with E-state index in [4.69, 9.17) is 5.73 Å². The van der Waals surface area contributed by atoms with Crippen molar-refractivity contribution in [2.75, 3.05) is 32.9 Å². The normalized spacial score (nSPS) is 18.6. The summed E-state index contributed by atoms with van der Waals surface area (Å²) in [6.45, 7) is 1.90. The van der Waals surface area contributed by atoms with Gasteiger partial charge in [0.15, 0.2) is 0 Å². The van der Waals surface area contributed by atoms with Gasteiger partial charge in [0.25, 0.3) is 0 Å². The number of hydrogen-bond donors (Lipinski definition) is 1. The lowest BCUT2D eigenvalue weighted by Gasteiger charge is -2.34. The number of sulfonamides is 1. The van der Waals surface area contributed by atoms with Crippen molar-refractivity contribution >= 4 is 15.7 Å². The predicted molar refractivity (Wildman–Crippen MR) is 81.8 cm³/mol. The molecular weight excluding hydrogens is 274 g/mol. The summed E-state index contributed by atoms with van der Waals surface area (Å²) in [5.41, 5.74) is 7.04. The molecule has 0 bridgehead atoms. The topological polar surface area (TPSA) is 66.6 Å². The molecule has 1 saturated heterocycles. The monoisotopic (exact) mass is 297 g/mol. The summed E-state index contributed by atoms with van der Waals surface area (Å²) in [7, 11) is 0.496. The summed E-state index contributed by atoms with van der Waals surface area (Å²) < 4.78 is 26.4. The van der Waals surface area contributed by atoms with Crippen molar-refractivity contribution in [2.45, 2.75) is 24.6 Å². The summed E-state index contributed by atoms with van der Waals surface area (Å²) in [4.78, 5) is 2.23. The summed E-state index contributed by atoms with van der Waals surface area (Å²) in [5.74, 6) is 0.0378. The summed E-state index contributed by atoms with van der Waals surface area (Å²) >= 11 is 0. The molecule has 1 heterocycles. The molecule has 0 saturated carbocycles. The Morgan fingerprint density at radius 3 is 2.35 bits per heavy atom. The Bertz CT molecular complexity index is 534. The summed E-state index contributed by atoms with van der Waals surface area (Å²) in [6.07, 6.45) is 1.79. The molecular formula is C14H23N3O2S. The van der Waals surface area contributed by atoms with Crippen molar-refractivity contribution in [3.8, 4) is 0 Å². The van der Waals surface area contributed by atoms with Crippen LogP contribution >= 0.6 is 0 Å². The molecule has 2 N–H and O–H groups in total. The van der Waals surface area contributed by atoms with Crippen molar-refractivity contribution in [3.05, 3.63) is 29.8 Å². The number of nitrogen functional groups attached to an aromatic ring is 1. The second kappa shape index (κ2) is 6.11. The number of anilines is 1. The first kappa shape index (κ1) is 15.3. The van der Waals surface area contributed by atoms with E-state index in [1.807, 2.05) is 0 Å². The lowest BCUT2D eigenvalue weighted by Crippen LogP contribution is -2.44. The predicted octanol–water partition coefficient (Wildman–Crippen LogP) is 1.12. The lowest BCUT2D eigenvalue weighted by molar-refractivity contribution is 0.197. The zero-order chi connectivity index (χ0) is 14.8. The molecule has 20 heavy (non-hydrogen) atoms. The van der Waals surface area contributed by atoms with Crippen LogP contribution in [0.1, 0.15) is 18.4 Å². The third kappa shape index (κ3) is 3.71. The van der Waals surface area contributed by atoms with Gasteiger partial charge in [-0.2, -0.15) is 0 Å². The number of benzene rings is 1. The van der Waals surface area contributed by atoms with Gasteiger partial charge in [-0.1, -0.05) is 12.1 Å². The van der Waals surface area contributed by atoms with Gasteiger partial charge in [0.2, 0.25) is 10.0 Å². The molecule has 5 nitrogen and oxygen atoms in total. The molecule has 112 valence electrons. The van der Waals surface area contributed by atoms with E-state index in [0.29, 0.717) is 5.69 Å². The first-order chi connectivity index (χ1) is 9.38. The van der Waals surface area contributed by atoms with Crippen LogP contribution in [0.25, 0.3) is 0 Å². The van der Waals surface area contributed by atoms with Crippen LogP contribution in [0.3, 0.4) is 0 Å². The van der Waals surface area contributed by atoms with Gasteiger partial charge in [0.05, 0.1) is 5.75 Å². The molecule has 0 amide bonds. The van der Waals surface area contributed by atoms with Gasteiger partial charge in [-0.05, 0) is 50.7 Å². The highest BCUT2D eigenvalue weighted by molar-refractivity contribution is 7.88. The Morgan fingerprint density at radius 2 is 1.80 bits per heavy atom.